The summed E-state index contributed by atoms with van der Waals surface area (Å²) in [5.74, 6) is -1.82. The molecule has 0 aliphatic rings. The molecule has 0 aromatic heterocycles. The summed E-state index contributed by atoms with van der Waals surface area (Å²) in [7, 11) is 0. The number of rotatable bonds is 3. The first kappa shape index (κ1) is 13.9. The van der Waals surface area contributed by atoms with Gasteiger partial charge < -0.3 is 10.8 Å². The highest BCUT2D eigenvalue weighted by Gasteiger charge is 2.38. The zero-order valence-corrected chi connectivity index (χ0v) is 8.51. The Morgan fingerprint density at radius 2 is 1.82 bits per heavy atom. The van der Waals surface area contributed by atoms with Crippen molar-refractivity contribution in [1.82, 2.24) is 0 Å². The highest BCUT2D eigenvalue weighted by atomic mass is 19.4. The van der Waals surface area contributed by atoms with Crippen molar-refractivity contribution in [2.45, 2.75) is 24.7 Å². The standard InChI is InChI=1S/C10H10F5NO/c11-5-1-2-7(12)6(3-5)8(17)4-9(16)10(13,14)15/h1-3,8-9,17H,4,16H2/t8-,9-/m0/s1. The van der Waals surface area contributed by atoms with Gasteiger partial charge in [-0.25, -0.2) is 8.78 Å². The topological polar surface area (TPSA) is 46.2 Å². The van der Waals surface area contributed by atoms with E-state index in [0.29, 0.717) is 6.07 Å². The molecule has 0 aliphatic heterocycles. The number of hydrogen-bond acceptors (Lipinski definition) is 2. The van der Waals surface area contributed by atoms with Crippen LogP contribution in [-0.2, 0) is 0 Å². The highest BCUT2D eigenvalue weighted by Crippen LogP contribution is 2.28. The third kappa shape index (κ3) is 3.64. The van der Waals surface area contributed by atoms with Gasteiger partial charge in [0.05, 0.1) is 6.10 Å². The summed E-state index contributed by atoms with van der Waals surface area (Å²) in [6, 6.07) is -0.120. The van der Waals surface area contributed by atoms with Crippen molar-refractivity contribution in [3.05, 3.63) is 35.4 Å². The number of aliphatic hydroxyl groups is 1. The van der Waals surface area contributed by atoms with E-state index in [0.717, 1.165) is 12.1 Å². The van der Waals surface area contributed by atoms with Crippen LogP contribution >= 0.6 is 0 Å². The van der Waals surface area contributed by atoms with Crippen LogP contribution in [0.4, 0.5) is 22.0 Å². The molecule has 96 valence electrons. The summed E-state index contributed by atoms with van der Waals surface area (Å²) in [5, 5.41) is 9.37. The van der Waals surface area contributed by atoms with E-state index in [1.807, 2.05) is 0 Å². The summed E-state index contributed by atoms with van der Waals surface area (Å²) < 4.78 is 62.2. The molecule has 1 rings (SSSR count). The van der Waals surface area contributed by atoms with Crippen molar-refractivity contribution >= 4 is 0 Å². The molecular formula is C10H10F5NO. The Morgan fingerprint density at radius 1 is 1.24 bits per heavy atom. The molecule has 0 aliphatic carbocycles. The largest absolute Gasteiger partial charge is 0.403 e. The zero-order chi connectivity index (χ0) is 13.2. The molecule has 0 heterocycles. The zero-order valence-electron chi connectivity index (χ0n) is 8.51. The van der Waals surface area contributed by atoms with Crippen LogP contribution in [0.2, 0.25) is 0 Å². The van der Waals surface area contributed by atoms with Gasteiger partial charge >= 0.3 is 6.18 Å². The SMILES string of the molecule is N[C@@H](C[C@H](O)c1cc(F)ccc1F)C(F)(F)F. The van der Waals surface area contributed by atoms with Crippen molar-refractivity contribution < 1.29 is 27.1 Å². The molecule has 0 bridgehead atoms. The van der Waals surface area contributed by atoms with Gasteiger partial charge in [-0.2, -0.15) is 13.2 Å². The first-order valence-corrected chi connectivity index (χ1v) is 4.67. The molecule has 0 radical (unpaired) electrons. The first-order valence-electron chi connectivity index (χ1n) is 4.67. The smallest absolute Gasteiger partial charge is 0.388 e. The average molecular weight is 255 g/mol. The minimum Gasteiger partial charge on any atom is -0.388 e. The van der Waals surface area contributed by atoms with E-state index in [-0.39, 0.29) is 0 Å². The Morgan fingerprint density at radius 3 is 2.35 bits per heavy atom. The number of hydrogen-bond donors (Lipinski definition) is 2. The van der Waals surface area contributed by atoms with Gasteiger partial charge in [-0.1, -0.05) is 0 Å². The quantitative estimate of drug-likeness (QED) is 0.814. The van der Waals surface area contributed by atoms with E-state index in [9.17, 15) is 27.1 Å². The maximum absolute atomic E-state index is 13.1. The minimum atomic E-state index is -4.69. The van der Waals surface area contributed by atoms with Crippen LogP contribution in [-0.4, -0.2) is 17.3 Å². The lowest BCUT2D eigenvalue weighted by atomic mass is 10.0. The number of aliphatic hydroxyl groups excluding tert-OH is 1. The van der Waals surface area contributed by atoms with E-state index in [1.165, 1.54) is 0 Å². The van der Waals surface area contributed by atoms with Crippen LogP contribution in [0.5, 0.6) is 0 Å². The van der Waals surface area contributed by atoms with Crippen LogP contribution in [0, 0.1) is 11.6 Å². The Kier molecular flexibility index (Phi) is 4.05. The fourth-order valence-corrected chi connectivity index (χ4v) is 1.27. The molecule has 1 aromatic carbocycles. The fourth-order valence-electron chi connectivity index (χ4n) is 1.27. The fraction of sp³-hybridized carbons (Fsp3) is 0.400. The number of benzene rings is 1. The molecule has 0 amide bonds. The van der Waals surface area contributed by atoms with Crippen molar-refractivity contribution in [2.75, 3.05) is 0 Å². The van der Waals surface area contributed by atoms with Crippen LogP contribution in [0.1, 0.15) is 18.1 Å². The third-order valence-electron chi connectivity index (χ3n) is 2.21. The van der Waals surface area contributed by atoms with Gasteiger partial charge in [-0.15, -0.1) is 0 Å². The number of alkyl halides is 3. The molecule has 17 heavy (non-hydrogen) atoms. The molecule has 0 saturated carbocycles. The van der Waals surface area contributed by atoms with Gasteiger partial charge in [0.1, 0.15) is 17.7 Å². The highest BCUT2D eigenvalue weighted by molar-refractivity contribution is 5.21. The van der Waals surface area contributed by atoms with Crippen molar-refractivity contribution in [3.8, 4) is 0 Å². The van der Waals surface area contributed by atoms with Gasteiger partial charge in [-0.3, -0.25) is 0 Å². The molecular weight excluding hydrogens is 245 g/mol. The van der Waals surface area contributed by atoms with Gasteiger partial charge in [0.2, 0.25) is 0 Å². The van der Waals surface area contributed by atoms with E-state index in [1.54, 1.807) is 0 Å². The second-order valence-corrected chi connectivity index (χ2v) is 3.57. The Balaban J connectivity index is 2.83. The summed E-state index contributed by atoms with van der Waals surface area (Å²) in [5.41, 5.74) is 4.24. The minimum absolute atomic E-state index is 0.537. The molecule has 2 nitrogen and oxygen atoms in total. The lowest BCUT2D eigenvalue weighted by Gasteiger charge is -2.19. The molecule has 1 aromatic rings. The van der Waals surface area contributed by atoms with Crippen molar-refractivity contribution in [3.63, 3.8) is 0 Å². The predicted molar refractivity (Wildman–Crippen MR) is 50.0 cm³/mol. The third-order valence-corrected chi connectivity index (χ3v) is 2.21. The van der Waals surface area contributed by atoms with Gasteiger partial charge in [0, 0.05) is 12.0 Å². The summed E-state index contributed by atoms with van der Waals surface area (Å²) in [4.78, 5) is 0. The molecule has 0 saturated heterocycles. The molecule has 2 atom stereocenters. The van der Waals surface area contributed by atoms with Crippen molar-refractivity contribution in [2.24, 2.45) is 5.73 Å². The molecule has 0 fully saturated rings. The normalized spacial score (nSPS) is 15.7. The van der Waals surface area contributed by atoms with Crippen LogP contribution in [0.3, 0.4) is 0 Å². The van der Waals surface area contributed by atoms with Gasteiger partial charge in [0.25, 0.3) is 0 Å². The summed E-state index contributed by atoms with van der Waals surface area (Å²) in [6.07, 6.45) is -7.42. The first-order chi connectivity index (χ1) is 7.71. The lowest BCUT2D eigenvalue weighted by molar-refractivity contribution is -0.154. The summed E-state index contributed by atoms with van der Waals surface area (Å²) >= 11 is 0. The molecule has 0 spiro atoms. The van der Waals surface area contributed by atoms with Gasteiger partial charge in [-0.05, 0) is 18.2 Å². The number of nitrogens with two attached hydrogens (primary N) is 1. The number of halogens is 5. The predicted octanol–water partition coefficient (Wildman–Crippen LogP) is 2.28. The van der Waals surface area contributed by atoms with Crippen molar-refractivity contribution in [1.29, 1.82) is 0 Å². The molecule has 0 unspecified atom stereocenters. The van der Waals surface area contributed by atoms with Crippen LogP contribution in [0.25, 0.3) is 0 Å². The average Bonchev–Trinajstić information content (AvgIpc) is 2.20. The monoisotopic (exact) mass is 255 g/mol. The van der Waals surface area contributed by atoms with Crippen LogP contribution in [0.15, 0.2) is 18.2 Å². The summed E-state index contributed by atoms with van der Waals surface area (Å²) in [6.45, 7) is 0. The second-order valence-electron chi connectivity index (χ2n) is 3.57. The molecule has 7 heteroatoms. The van der Waals surface area contributed by atoms with E-state index < -0.39 is 41.9 Å². The Bertz CT molecular complexity index is 393. The van der Waals surface area contributed by atoms with E-state index in [4.69, 9.17) is 5.73 Å². The van der Waals surface area contributed by atoms with E-state index >= 15 is 0 Å². The van der Waals surface area contributed by atoms with Crippen LogP contribution < -0.4 is 5.73 Å². The Labute approximate surface area is 93.9 Å². The maximum atomic E-state index is 13.1. The maximum Gasteiger partial charge on any atom is 0.403 e. The lowest BCUT2D eigenvalue weighted by Crippen LogP contribution is -2.38. The second kappa shape index (κ2) is 4.97. The Hall–Kier alpha value is -1.21. The van der Waals surface area contributed by atoms with E-state index in [2.05, 4.69) is 0 Å². The molecule has 3 N–H and O–H groups in total. The van der Waals surface area contributed by atoms with Gasteiger partial charge in [0.15, 0.2) is 0 Å².